The van der Waals surface area contributed by atoms with E-state index in [0.29, 0.717) is 5.88 Å². The van der Waals surface area contributed by atoms with Gasteiger partial charge in [0.05, 0.1) is 5.69 Å². The van der Waals surface area contributed by atoms with E-state index < -0.39 is 0 Å². The Morgan fingerprint density at radius 1 is 1.33 bits per heavy atom. The molecule has 1 aliphatic carbocycles. The summed E-state index contributed by atoms with van der Waals surface area (Å²) in [5.41, 5.74) is 5.45. The van der Waals surface area contributed by atoms with Crippen LogP contribution in [0.15, 0.2) is 30.3 Å². The maximum Gasteiger partial charge on any atom is 0.0624 e. The Hall–Kier alpha value is -1.28. The van der Waals surface area contributed by atoms with Gasteiger partial charge in [-0.3, -0.25) is 4.68 Å². The predicted molar refractivity (Wildman–Crippen MR) is 88.1 cm³/mol. The van der Waals surface area contributed by atoms with Gasteiger partial charge < -0.3 is 0 Å². The third-order valence-corrected chi connectivity index (χ3v) is 5.37. The fourth-order valence-electron chi connectivity index (χ4n) is 3.63. The quantitative estimate of drug-likeness (QED) is 0.780. The maximum atomic E-state index is 6.48. The molecule has 0 spiro atoms. The van der Waals surface area contributed by atoms with Gasteiger partial charge in [0.15, 0.2) is 0 Å². The van der Waals surface area contributed by atoms with Crippen LogP contribution in [0.5, 0.6) is 0 Å². The molecule has 0 N–H and O–H groups in total. The second-order valence-corrected chi connectivity index (χ2v) is 6.47. The Balaban J connectivity index is 2.00. The van der Waals surface area contributed by atoms with Crippen molar-refractivity contribution in [2.24, 2.45) is 7.05 Å². The molecule has 112 valence electrons. The second kappa shape index (κ2) is 5.84. The van der Waals surface area contributed by atoms with E-state index in [2.05, 4.69) is 42.4 Å². The van der Waals surface area contributed by atoms with E-state index in [4.69, 9.17) is 11.6 Å². The molecule has 1 aromatic carbocycles. The third-order valence-electron chi connectivity index (χ3n) is 4.86. The van der Waals surface area contributed by atoms with Crippen molar-refractivity contribution in [1.82, 2.24) is 9.78 Å². The lowest BCUT2D eigenvalue weighted by Crippen LogP contribution is -2.35. The van der Waals surface area contributed by atoms with Crippen molar-refractivity contribution in [2.45, 2.75) is 44.4 Å². The Bertz CT molecular complexity index is 632. The lowest BCUT2D eigenvalue weighted by Gasteiger charge is -2.38. The Labute approximate surface area is 132 Å². The molecule has 0 amide bonds. The predicted octanol–water partition coefficient (Wildman–Crippen LogP) is 4.04. The third kappa shape index (κ3) is 2.62. The number of aryl methyl sites for hydroxylation is 3. The summed E-state index contributed by atoms with van der Waals surface area (Å²) in [5, 5.41) is 4.59. The van der Waals surface area contributed by atoms with Gasteiger partial charge in [0, 0.05) is 30.5 Å². The van der Waals surface area contributed by atoms with Crippen LogP contribution in [0.2, 0.25) is 0 Å². The van der Waals surface area contributed by atoms with E-state index in [1.165, 1.54) is 41.8 Å². The fourth-order valence-corrected chi connectivity index (χ4v) is 4.01. The van der Waals surface area contributed by atoms with Gasteiger partial charge in [-0.25, -0.2) is 0 Å². The Morgan fingerprint density at radius 3 is 2.86 bits per heavy atom. The minimum atomic E-state index is 0.0647. The molecule has 1 atom stereocenters. The molecule has 1 aliphatic rings. The number of halogens is 1. The summed E-state index contributed by atoms with van der Waals surface area (Å²) < 4.78 is 2.03. The second-order valence-electron chi connectivity index (χ2n) is 6.21. The van der Waals surface area contributed by atoms with Gasteiger partial charge in [0.1, 0.15) is 0 Å². The van der Waals surface area contributed by atoms with Crippen molar-refractivity contribution < 1.29 is 0 Å². The number of rotatable bonds is 4. The molecule has 0 fully saturated rings. The lowest BCUT2D eigenvalue weighted by molar-refractivity contribution is 0.387. The SMILES string of the molecule is CCc1cc(CC2(CCl)CCCc3ccccc32)n(C)n1. The van der Waals surface area contributed by atoms with Crippen LogP contribution in [-0.4, -0.2) is 15.7 Å². The molecule has 1 heterocycles. The van der Waals surface area contributed by atoms with E-state index in [9.17, 15) is 0 Å². The van der Waals surface area contributed by atoms with E-state index in [-0.39, 0.29) is 5.41 Å². The average molecular weight is 303 g/mol. The van der Waals surface area contributed by atoms with Crippen LogP contribution in [0.25, 0.3) is 0 Å². The zero-order valence-corrected chi connectivity index (χ0v) is 13.7. The molecular weight excluding hydrogens is 280 g/mol. The summed E-state index contributed by atoms with van der Waals surface area (Å²) in [6.45, 7) is 2.15. The highest BCUT2D eigenvalue weighted by atomic mass is 35.5. The van der Waals surface area contributed by atoms with Gasteiger partial charge in [-0.15, -0.1) is 11.6 Å². The summed E-state index contributed by atoms with van der Waals surface area (Å²) in [6.07, 6.45) is 5.54. The number of nitrogens with zero attached hydrogens (tertiary/aromatic N) is 2. The van der Waals surface area contributed by atoms with Crippen molar-refractivity contribution in [3.63, 3.8) is 0 Å². The van der Waals surface area contributed by atoms with Gasteiger partial charge in [-0.1, -0.05) is 31.2 Å². The average Bonchev–Trinajstić information content (AvgIpc) is 2.87. The van der Waals surface area contributed by atoms with Gasteiger partial charge in [-0.2, -0.15) is 5.10 Å². The number of benzene rings is 1. The molecule has 0 bridgehead atoms. The first-order chi connectivity index (χ1) is 10.2. The molecule has 3 heteroatoms. The number of hydrogen-bond donors (Lipinski definition) is 0. The summed E-state index contributed by atoms with van der Waals surface area (Å²) in [6, 6.07) is 11.1. The molecule has 1 unspecified atom stereocenters. The largest absolute Gasteiger partial charge is 0.272 e. The molecular formula is C18H23ClN2. The normalized spacial score (nSPS) is 21.3. The van der Waals surface area contributed by atoms with Crippen LogP contribution in [-0.2, 0) is 31.7 Å². The van der Waals surface area contributed by atoms with Crippen molar-refractivity contribution in [3.05, 3.63) is 52.8 Å². The Morgan fingerprint density at radius 2 is 2.14 bits per heavy atom. The van der Waals surface area contributed by atoms with E-state index in [0.717, 1.165) is 12.8 Å². The molecule has 0 saturated carbocycles. The number of fused-ring (bicyclic) bond motifs is 1. The highest BCUT2D eigenvalue weighted by Gasteiger charge is 2.36. The zero-order chi connectivity index (χ0) is 14.9. The minimum absolute atomic E-state index is 0.0647. The standard InChI is InChI=1S/C18H23ClN2/c1-3-15-11-16(21(2)20-15)12-18(13-19)10-6-8-14-7-4-5-9-17(14)18/h4-5,7,9,11H,3,6,8,10,12-13H2,1-2H3. The van der Waals surface area contributed by atoms with Crippen molar-refractivity contribution in [2.75, 3.05) is 5.88 Å². The van der Waals surface area contributed by atoms with Gasteiger partial charge in [0.2, 0.25) is 0 Å². The van der Waals surface area contributed by atoms with Gasteiger partial charge in [0.25, 0.3) is 0 Å². The minimum Gasteiger partial charge on any atom is -0.272 e. The van der Waals surface area contributed by atoms with Crippen LogP contribution in [0.1, 0.15) is 42.3 Å². The van der Waals surface area contributed by atoms with Crippen LogP contribution >= 0.6 is 11.6 Å². The van der Waals surface area contributed by atoms with Crippen LogP contribution in [0.3, 0.4) is 0 Å². The molecule has 2 aromatic rings. The monoisotopic (exact) mass is 302 g/mol. The maximum absolute atomic E-state index is 6.48. The lowest BCUT2D eigenvalue weighted by atomic mass is 9.68. The van der Waals surface area contributed by atoms with Crippen molar-refractivity contribution in [1.29, 1.82) is 0 Å². The molecule has 0 aliphatic heterocycles. The van der Waals surface area contributed by atoms with Crippen LogP contribution in [0.4, 0.5) is 0 Å². The van der Waals surface area contributed by atoms with E-state index >= 15 is 0 Å². The van der Waals surface area contributed by atoms with Crippen LogP contribution < -0.4 is 0 Å². The first-order valence-electron chi connectivity index (χ1n) is 7.84. The van der Waals surface area contributed by atoms with Crippen LogP contribution in [0, 0.1) is 0 Å². The first kappa shape index (κ1) is 14.6. The summed E-state index contributed by atoms with van der Waals surface area (Å²) in [5.74, 6) is 0.677. The van der Waals surface area contributed by atoms with Crippen molar-refractivity contribution >= 4 is 11.6 Å². The number of aromatic nitrogens is 2. The number of alkyl halides is 1. The van der Waals surface area contributed by atoms with E-state index in [1.807, 2.05) is 11.7 Å². The Kier molecular flexibility index (Phi) is 4.08. The smallest absolute Gasteiger partial charge is 0.0624 e. The van der Waals surface area contributed by atoms with Crippen molar-refractivity contribution in [3.8, 4) is 0 Å². The molecule has 1 aromatic heterocycles. The highest BCUT2D eigenvalue weighted by molar-refractivity contribution is 6.18. The molecule has 21 heavy (non-hydrogen) atoms. The van der Waals surface area contributed by atoms with Gasteiger partial charge >= 0.3 is 0 Å². The highest BCUT2D eigenvalue weighted by Crippen LogP contribution is 2.41. The summed E-state index contributed by atoms with van der Waals surface area (Å²) in [7, 11) is 2.05. The fraction of sp³-hybridized carbons (Fsp3) is 0.500. The molecule has 2 nitrogen and oxygen atoms in total. The topological polar surface area (TPSA) is 17.8 Å². The van der Waals surface area contributed by atoms with E-state index in [1.54, 1.807) is 0 Å². The van der Waals surface area contributed by atoms with Gasteiger partial charge in [-0.05, 0) is 42.9 Å². The number of hydrogen-bond acceptors (Lipinski definition) is 1. The first-order valence-corrected chi connectivity index (χ1v) is 8.38. The molecule has 3 rings (SSSR count). The molecule has 0 radical (unpaired) electrons. The summed E-state index contributed by atoms with van der Waals surface area (Å²) in [4.78, 5) is 0. The summed E-state index contributed by atoms with van der Waals surface area (Å²) >= 11 is 6.48. The zero-order valence-electron chi connectivity index (χ0n) is 12.9. The molecule has 0 saturated heterocycles.